The quantitative estimate of drug-likeness (QED) is 0.270. The zero-order valence-corrected chi connectivity index (χ0v) is 19.8. The normalized spacial score (nSPS) is 11.7. The molecule has 5 rings (SSSR count). The van der Waals surface area contributed by atoms with Gasteiger partial charge < -0.3 is 13.9 Å². The summed E-state index contributed by atoms with van der Waals surface area (Å²) in [6.07, 6.45) is 0. The molecule has 0 spiro atoms. The maximum atomic E-state index is 6.49. The van der Waals surface area contributed by atoms with Gasteiger partial charge in [0.05, 0.1) is 30.1 Å². The summed E-state index contributed by atoms with van der Waals surface area (Å²) in [4.78, 5) is 4.62. The molecule has 3 aromatic carbocycles. The van der Waals surface area contributed by atoms with Crippen LogP contribution in [-0.4, -0.2) is 19.2 Å². The first-order valence-electron chi connectivity index (χ1n) is 10.4. The molecule has 0 saturated heterocycles. The molecule has 5 aromatic rings. The van der Waals surface area contributed by atoms with Crippen LogP contribution in [0.2, 0.25) is 10.0 Å². The summed E-state index contributed by atoms with van der Waals surface area (Å²) in [5, 5.41) is 7.77. The number of hydrogen-bond donors (Lipinski definition) is 1. The van der Waals surface area contributed by atoms with Gasteiger partial charge in [0.2, 0.25) is 0 Å². The van der Waals surface area contributed by atoms with Gasteiger partial charge in [0.15, 0.2) is 17.1 Å². The Morgan fingerprint density at radius 3 is 2.53 bits per heavy atom. The topological polar surface area (TPSA) is 68.9 Å². The summed E-state index contributed by atoms with van der Waals surface area (Å²) in [7, 11) is 3.17. The molecule has 0 atom stereocenters. The van der Waals surface area contributed by atoms with Gasteiger partial charge in [0, 0.05) is 27.4 Å². The van der Waals surface area contributed by atoms with Crippen molar-refractivity contribution in [1.29, 1.82) is 0 Å². The lowest BCUT2D eigenvalue weighted by Crippen LogP contribution is -2.08. The van der Waals surface area contributed by atoms with E-state index in [-0.39, 0.29) is 0 Å². The monoisotopic (exact) mass is 491 g/mol. The number of anilines is 1. The van der Waals surface area contributed by atoms with Crippen LogP contribution >= 0.6 is 23.2 Å². The second-order valence-electron chi connectivity index (χ2n) is 7.44. The number of aromatic nitrogens is 1. The van der Waals surface area contributed by atoms with Crippen molar-refractivity contribution in [2.45, 2.75) is 0 Å². The third kappa shape index (κ3) is 4.25. The average molecular weight is 492 g/mol. The van der Waals surface area contributed by atoms with Gasteiger partial charge in [-0.2, -0.15) is 5.10 Å². The molecule has 8 heteroatoms. The van der Waals surface area contributed by atoms with E-state index in [1.807, 2.05) is 60.7 Å². The van der Waals surface area contributed by atoms with Crippen LogP contribution in [0.5, 0.6) is 11.5 Å². The highest BCUT2D eigenvalue weighted by molar-refractivity contribution is 6.38. The van der Waals surface area contributed by atoms with E-state index in [0.29, 0.717) is 49.4 Å². The van der Waals surface area contributed by atoms with E-state index in [1.54, 1.807) is 26.4 Å². The summed E-state index contributed by atoms with van der Waals surface area (Å²) in [5.41, 5.74) is 5.15. The number of para-hydroxylation sites is 1. The van der Waals surface area contributed by atoms with E-state index >= 15 is 0 Å². The Hall–Kier alpha value is -3.74. The molecule has 0 aliphatic rings. The predicted molar refractivity (Wildman–Crippen MR) is 136 cm³/mol. The molecular weight excluding hydrogens is 473 g/mol. The van der Waals surface area contributed by atoms with Crippen molar-refractivity contribution in [3.05, 3.63) is 88.2 Å². The summed E-state index contributed by atoms with van der Waals surface area (Å²) in [6, 6.07) is 22.5. The number of nitrogens with one attached hydrogen (secondary N) is 1. The van der Waals surface area contributed by atoms with Gasteiger partial charge in [-0.3, -0.25) is 5.43 Å². The fourth-order valence-corrected chi connectivity index (χ4v) is 4.20. The van der Waals surface area contributed by atoms with E-state index in [1.165, 1.54) is 0 Å². The van der Waals surface area contributed by atoms with Gasteiger partial charge >= 0.3 is 0 Å². The van der Waals surface area contributed by atoms with Crippen molar-refractivity contribution in [3.63, 3.8) is 0 Å². The fraction of sp³-hybridized carbons (Fsp3) is 0.0769. The molecule has 6 nitrogen and oxygen atoms in total. The highest BCUT2D eigenvalue weighted by Gasteiger charge is 2.13. The Labute approximate surface area is 205 Å². The van der Waals surface area contributed by atoms with Crippen LogP contribution in [0.25, 0.3) is 33.2 Å². The van der Waals surface area contributed by atoms with Crippen molar-refractivity contribution < 1.29 is 13.9 Å². The summed E-state index contributed by atoms with van der Waals surface area (Å²) in [6.45, 7) is 0. The number of nitrogens with zero attached hydrogens (tertiary/aromatic N) is 2. The average Bonchev–Trinajstić information content (AvgIpc) is 2.86. The lowest BCUT2D eigenvalue weighted by atomic mass is 10.1. The second-order valence-corrected chi connectivity index (χ2v) is 8.29. The SMILES string of the molecule is COc1ccc(-c2c/c(=N\Nc3ccc4ccccc4n3)c3cc(Cl)cc(Cl)c3o2)cc1OC. The molecular formula is C26H19Cl2N3O3. The molecule has 2 heterocycles. The van der Waals surface area contributed by atoms with E-state index in [2.05, 4.69) is 15.5 Å². The van der Waals surface area contributed by atoms with Crippen LogP contribution in [0, 0.1) is 0 Å². The van der Waals surface area contributed by atoms with Crippen molar-refractivity contribution >= 4 is 50.9 Å². The maximum absolute atomic E-state index is 6.49. The number of fused-ring (bicyclic) bond motifs is 2. The van der Waals surface area contributed by atoms with Gasteiger partial charge in [-0.05, 0) is 48.5 Å². The van der Waals surface area contributed by atoms with E-state index < -0.39 is 0 Å². The Balaban J connectivity index is 1.66. The Morgan fingerprint density at radius 2 is 1.71 bits per heavy atom. The molecule has 0 radical (unpaired) electrons. The number of rotatable bonds is 5. The zero-order valence-electron chi connectivity index (χ0n) is 18.3. The molecule has 0 bridgehead atoms. The fourth-order valence-electron chi connectivity index (χ4n) is 3.67. The van der Waals surface area contributed by atoms with Crippen LogP contribution in [0.15, 0.2) is 82.3 Å². The van der Waals surface area contributed by atoms with Gasteiger partial charge in [-0.15, -0.1) is 0 Å². The first-order chi connectivity index (χ1) is 16.6. The third-order valence-corrected chi connectivity index (χ3v) is 5.82. The summed E-state index contributed by atoms with van der Waals surface area (Å²) < 4.78 is 17.0. The first kappa shape index (κ1) is 22.1. The van der Waals surface area contributed by atoms with Gasteiger partial charge in [-0.1, -0.05) is 41.4 Å². The zero-order chi connectivity index (χ0) is 23.7. The molecule has 1 N–H and O–H groups in total. The summed E-state index contributed by atoms with van der Waals surface area (Å²) >= 11 is 12.8. The molecule has 0 amide bonds. The third-order valence-electron chi connectivity index (χ3n) is 5.32. The molecule has 0 fully saturated rings. The van der Waals surface area contributed by atoms with E-state index in [0.717, 1.165) is 16.5 Å². The summed E-state index contributed by atoms with van der Waals surface area (Å²) in [5.74, 6) is 2.35. The number of pyridine rings is 1. The van der Waals surface area contributed by atoms with Gasteiger partial charge in [-0.25, -0.2) is 4.98 Å². The van der Waals surface area contributed by atoms with Gasteiger partial charge in [0.25, 0.3) is 0 Å². The molecule has 2 aromatic heterocycles. The molecule has 170 valence electrons. The second kappa shape index (κ2) is 9.25. The van der Waals surface area contributed by atoms with E-state index in [9.17, 15) is 0 Å². The van der Waals surface area contributed by atoms with Crippen molar-refractivity contribution in [1.82, 2.24) is 4.98 Å². The first-order valence-corrected chi connectivity index (χ1v) is 11.1. The maximum Gasteiger partial charge on any atom is 0.161 e. The van der Waals surface area contributed by atoms with Crippen molar-refractivity contribution in [3.8, 4) is 22.8 Å². The molecule has 0 unspecified atom stereocenters. The number of halogens is 2. The Morgan fingerprint density at radius 1 is 0.882 bits per heavy atom. The number of methoxy groups -OCH3 is 2. The highest BCUT2D eigenvalue weighted by atomic mass is 35.5. The van der Waals surface area contributed by atoms with Crippen LogP contribution in [0.3, 0.4) is 0 Å². The van der Waals surface area contributed by atoms with E-state index in [4.69, 9.17) is 37.1 Å². The van der Waals surface area contributed by atoms with Crippen LogP contribution in [-0.2, 0) is 0 Å². The van der Waals surface area contributed by atoms with Crippen molar-refractivity contribution in [2.75, 3.05) is 19.6 Å². The van der Waals surface area contributed by atoms with Crippen LogP contribution in [0.1, 0.15) is 0 Å². The minimum atomic E-state index is 0.380. The molecule has 0 aliphatic carbocycles. The molecule has 34 heavy (non-hydrogen) atoms. The Kier molecular flexibility index (Phi) is 6.01. The van der Waals surface area contributed by atoms with Crippen molar-refractivity contribution in [2.24, 2.45) is 5.10 Å². The Bertz CT molecular complexity index is 1600. The largest absolute Gasteiger partial charge is 0.493 e. The predicted octanol–water partition coefficient (Wildman–Crippen LogP) is 6.90. The number of hydrogen-bond acceptors (Lipinski definition) is 6. The number of ether oxygens (including phenoxy) is 2. The highest BCUT2D eigenvalue weighted by Crippen LogP contribution is 2.34. The minimum Gasteiger partial charge on any atom is -0.493 e. The molecule has 0 aliphatic heterocycles. The molecule has 0 saturated carbocycles. The number of benzene rings is 3. The standard InChI is InChI=1S/C26H19Cl2N3O3/c1-32-22-9-7-16(11-24(22)33-2)23-14-21(18-12-17(27)13-19(28)26(18)34-23)30-31-25-10-8-15-5-3-4-6-20(15)29-25/h3-14H,1-2H3,(H,29,31)/b30-21+. The van der Waals surface area contributed by atoms with Crippen LogP contribution < -0.4 is 20.3 Å². The van der Waals surface area contributed by atoms with Gasteiger partial charge in [0.1, 0.15) is 11.6 Å². The minimum absolute atomic E-state index is 0.380. The lowest BCUT2D eigenvalue weighted by Gasteiger charge is -2.11. The lowest BCUT2D eigenvalue weighted by molar-refractivity contribution is 0.355. The smallest absolute Gasteiger partial charge is 0.161 e. The van der Waals surface area contributed by atoms with Crippen LogP contribution in [0.4, 0.5) is 5.82 Å².